The van der Waals surface area contributed by atoms with Crippen LogP contribution in [0.15, 0.2) is 77.8 Å². The van der Waals surface area contributed by atoms with Gasteiger partial charge in [-0.1, -0.05) is 35.9 Å². The minimum Gasteiger partial charge on any atom is -0.494 e. The molecule has 0 spiro atoms. The molecule has 0 radical (unpaired) electrons. The van der Waals surface area contributed by atoms with Crippen LogP contribution in [0.25, 0.3) is 10.9 Å². The first-order valence-corrected chi connectivity index (χ1v) is 12.1. The Morgan fingerprint density at radius 3 is 2.64 bits per heavy atom. The van der Waals surface area contributed by atoms with Crippen LogP contribution < -0.4 is 10.1 Å². The number of aromatic nitrogens is 1. The van der Waals surface area contributed by atoms with Crippen LogP contribution in [0.2, 0.25) is 5.02 Å². The Bertz CT molecular complexity index is 1240. The second-order valence-electron chi connectivity index (χ2n) is 7.41. The molecule has 0 bridgehead atoms. The van der Waals surface area contributed by atoms with E-state index in [1.54, 1.807) is 48.2 Å². The third kappa shape index (κ3) is 5.52. The lowest BCUT2D eigenvalue weighted by Gasteiger charge is -2.08. The largest absolute Gasteiger partial charge is 0.494 e. The van der Waals surface area contributed by atoms with Gasteiger partial charge in [0.05, 0.1) is 6.61 Å². The van der Waals surface area contributed by atoms with E-state index in [0.717, 1.165) is 21.5 Å². The number of carbonyl (C=O) groups excluding carboxylic acids is 1. The monoisotopic (exact) mass is 482 g/mol. The van der Waals surface area contributed by atoms with E-state index in [4.69, 9.17) is 16.3 Å². The van der Waals surface area contributed by atoms with Crippen molar-refractivity contribution in [3.05, 3.63) is 94.9 Å². The topological polar surface area (TPSA) is 43.3 Å². The molecular formula is C26H24ClFN2O2S. The second kappa shape index (κ2) is 10.8. The quantitative estimate of drug-likeness (QED) is 0.275. The molecule has 0 unspecified atom stereocenters. The van der Waals surface area contributed by atoms with Gasteiger partial charge in [-0.15, -0.1) is 11.8 Å². The number of thioether (sulfide) groups is 1. The number of fused-ring (bicyclic) bond motifs is 1. The summed E-state index contributed by atoms with van der Waals surface area (Å²) in [5, 5.41) is 4.50. The number of nitrogens with zero attached hydrogens (tertiary/aromatic N) is 1. The third-order valence-corrected chi connectivity index (χ3v) is 6.67. The molecule has 1 N–H and O–H groups in total. The number of hydrogen-bond donors (Lipinski definition) is 1. The summed E-state index contributed by atoms with van der Waals surface area (Å²) in [6, 6.07) is 19.9. The number of carbonyl (C=O) groups is 1. The fraction of sp³-hybridized carbons (Fsp3) is 0.192. The standard InChI is InChI=1S/C26H24ClFN2O2S/c1-2-32-19-12-10-18(11-13-19)26(31)29-14-15-30-16-25(20-6-3-4-9-24(20)30)33-17-21-22(27)7-5-8-23(21)28/h3-13,16H,2,14-15,17H2,1H3,(H,29,31). The van der Waals surface area contributed by atoms with Crippen LogP contribution in [0.3, 0.4) is 0 Å². The van der Waals surface area contributed by atoms with E-state index in [-0.39, 0.29) is 11.7 Å². The summed E-state index contributed by atoms with van der Waals surface area (Å²) in [5.74, 6) is 0.761. The fourth-order valence-corrected chi connectivity index (χ4v) is 5.03. The van der Waals surface area contributed by atoms with Crippen molar-refractivity contribution in [2.75, 3.05) is 13.2 Å². The van der Waals surface area contributed by atoms with Crippen molar-refractivity contribution in [2.45, 2.75) is 24.1 Å². The van der Waals surface area contributed by atoms with Gasteiger partial charge in [-0.3, -0.25) is 4.79 Å². The third-order valence-electron chi connectivity index (χ3n) is 5.25. The van der Waals surface area contributed by atoms with Gasteiger partial charge in [-0.05, 0) is 49.4 Å². The zero-order valence-electron chi connectivity index (χ0n) is 18.2. The first kappa shape index (κ1) is 23.2. The number of ether oxygens (including phenoxy) is 1. The number of benzene rings is 3. The Kier molecular flexibility index (Phi) is 7.57. The van der Waals surface area contributed by atoms with E-state index in [2.05, 4.69) is 16.0 Å². The molecular weight excluding hydrogens is 459 g/mol. The van der Waals surface area contributed by atoms with Gasteiger partial charge in [0.1, 0.15) is 11.6 Å². The highest BCUT2D eigenvalue weighted by Crippen LogP contribution is 2.34. The molecule has 1 heterocycles. The van der Waals surface area contributed by atoms with Gasteiger partial charge in [-0.2, -0.15) is 0 Å². The maximum Gasteiger partial charge on any atom is 0.251 e. The Morgan fingerprint density at radius 1 is 1.09 bits per heavy atom. The average Bonchev–Trinajstić information content (AvgIpc) is 3.17. The molecule has 1 amide bonds. The molecule has 0 fully saturated rings. The fourth-order valence-electron chi connectivity index (χ4n) is 3.59. The number of nitrogens with one attached hydrogen (secondary N) is 1. The summed E-state index contributed by atoms with van der Waals surface area (Å²) in [6.07, 6.45) is 2.05. The second-order valence-corrected chi connectivity index (χ2v) is 8.83. The molecule has 170 valence electrons. The van der Waals surface area contributed by atoms with E-state index in [0.29, 0.717) is 41.6 Å². The Balaban J connectivity index is 1.42. The zero-order valence-corrected chi connectivity index (χ0v) is 19.8. The van der Waals surface area contributed by atoms with E-state index < -0.39 is 0 Å². The lowest BCUT2D eigenvalue weighted by molar-refractivity contribution is 0.0952. The van der Waals surface area contributed by atoms with Crippen molar-refractivity contribution < 1.29 is 13.9 Å². The van der Waals surface area contributed by atoms with E-state index in [1.807, 2.05) is 31.3 Å². The summed E-state index contributed by atoms with van der Waals surface area (Å²) in [6.45, 7) is 3.60. The maximum absolute atomic E-state index is 14.2. The lowest BCUT2D eigenvalue weighted by atomic mass is 10.2. The molecule has 0 saturated carbocycles. The molecule has 4 aromatic rings. The number of amides is 1. The molecule has 0 atom stereocenters. The predicted molar refractivity (Wildman–Crippen MR) is 133 cm³/mol. The summed E-state index contributed by atoms with van der Waals surface area (Å²) >= 11 is 7.74. The van der Waals surface area contributed by atoms with Crippen LogP contribution in [0, 0.1) is 5.82 Å². The first-order valence-electron chi connectivity index (χ1n) is 10.7. The smallest absolute Gasteiger partial charge is 0.251 e. The lowest BCUT2D eigenvalue weighted by Crippen LogP contribution is -2.27. The predicted octanol–water partition coefficient (Wildman–Crippen LogP) is 6.55. The highest BCUT2D eigenvalue weighted by molar-refractivity contribution is 7.98. The summed E-state index contributed by atoms with van der Waals surface area (Å²) in [7, 11) is 0. The number of hydrogen-bond acceptors (Lipinski definition) is 3. The summed E-state index contributed by atoms with van der Waals surface area (Å²) in [4.78, 5) is 13.5. The molecule has 7 heteroatoms. The first-order chi connectivity index (χ1) is 16.1. The highest BCUT2D eigenvalue weighted by atomic mass is 35.5. The number of rotatable bonds is 9. The van der Waals surface area contributed by atoms with Gasteiger partial charge in [0.2, 0.25) is 0 Å². The molecule has 0 aliphatic heterocycles. The Hall–Kier alpha value is -2.96. The van der Waals surface area contributed by atoms with Crippen LogP contribution in [0.1, 0.15) is 22.8 Å². The molecule has 33 heavy (non-hydrogen) atoms. The van der Waals surface area contributed by atoms with Crippen molar-refractivity contribution in [2.24, 2.45) is 0 Å². The van der Waals surface area contributed by atoms with Crippen molar-refractivity contribution in [1.82, 2.24) is 9.88 Å². The molecule has 0 saturated heterocycles. The minimum absolute atomic E-state index is 0.127. The van der Waals surface area contributed by atoms with E-state index in [9.17, 15) is 9.18 Å². The van der Waals surface area contributed by atoms with Crippen LogP contribution in [0.5, 0.6) is 5.75 Å². The maximum atomic E-state index is 14.2. The molecule has 0 aliphatic rings. The molecule has 0 aliphatic carbocycles. The van der Waals surface area contributed by atoms with Gasteiger partial charge < -0.3 is 14.6 Å². The SMILES string of the molecule is CCOc1ccc(C(=O)NCCn2cc(SCc3c(F)cccc3Cl)c3ccccc32)cc1. The van der Waals surface area contributed by atoms with Crippen molar-refractivity contribution in [1.29, 1.82) is 0 Å². The van der Waals surface area contributed by atoms with Gasteiger partial charge in [0.15, 0.2) is 0 Å². The van der Waals surface area contributed by atoms with E-state index in [1.165, 1.54) is 6.07 Å². The normalized spacial score (nSPS) is 11.0. The summed E-state index contributed by atoms with van der Waals surface area (Å²) < 4.78 is 21.7. The average molecular weight is 483 g/mol. The minimum atomic E-state index is -0.296. The van der Waals surface area contributed by atoms with Crippen LogP contribution in [0.4, 0.5) is 4.39 Å². The van der Waals surface area contributed by atoms with Gasteiger partial charge in [0, 0.05) is 57.0 Å². The molecule has 4 rings (SSSR count). The van der Waals surface area contributed by atoms with Crippen molar-refractivity contribution in [3.63, 3.8) is 0 Å². The molecule has 1 aromatic heterocycles. The summed E-state index contributed by atoms with van der Waals surface area (Å²) in [5.41, 5.74) is 2.16. The van der Waals surface area contributed by atoms with Gasteiger partial charge >= 0.3 is 0 Å². The van der Waals surface area contributed by atoms with Gasteiger partial charge in [-0.25, -0.2) is 4.39 Å². The molecule has 3 aromatic carbocycles. The number of halogens is 2. The van der Waals surface area contributed by atoms with Crippen LogP contribution in [-0.4, -0.2) is 23.6 Å². The van der Waals surface area contributed by atoms with Crippen LogP contribution in [-0.2, 0) is 12.3 Å². The Morgan fingerprint density at radius 2 is 1.88 bits per heavy atom. The zero-order chi connectivity index (χ0) is 23.2. The number of para-hydroxylation sites is 1. The highest BCUT2D eigenvalue weighted by Gasteiger charge is 2.13. The van der Waals surface area contributed by atoms with Crippen molar-refractivity contribution in [3.8, 4) is 5.75 Å². The van der Waals surface area contributed by atoms with Crippen LogP contribution >= 0.6 is 23.4 Å². The Labute approximate surface area is 201 Å². The van der Waals surface area contributed by atoms with Gasteiger partial charge in [0.25, 0.3) is 5.91 Å². The van der Waals surface area contributed by atoms with Crippen molar-refractivity contribution >= 4 is 40.2 Å². The molecule has 4 nitrogen and oxygen atoms in total. The van der Waals surface area contributed by atoms with E-state index >= 15 is 0 Å².